The third kappa shape index (κ3) is 3.46. The summed E-state index contributed by atoms with van der Waals surface area (Å²) in [6.07, 6.45) is 0. The van der Waals surface area contributed by atoms with Crippen LogP contribution in [0.5, 0.6) is 5.75 Å². The third-order valence-corrected chi connectivity index (χ3v) is 2.79. The molecule has 0 unspecified atom stereocenters. The second-order valence-electron chi connectivity index (χ2n) is 3.51. The summed E-state index contributed by atoms with van der Waals surface area (Å²) in [7, 11) is 1.85. The van der Waals surface area contributed by atoms with Gasteiger partial charge in [-0.2, -0.15) is 0 Å². The molecule has 0 saturated heterocycles. The van der Waals surface area contributed by atoms with Gasteiger partial charge in [-0.1, -0.05) is 22.0 Å². The SMILES string of the molecule is CNc1cccc(COc2ccc(Br)cc2)n1. The Balaban J connectivity index is 1.99. The lowest BCUT2D eigenvalue weighted by molar-refractivity contribution is 0.301. The zero-order chi connectivity index (χ0) is 12.1. The minimum Gasteiger partial charge on any atom is -0.487 e. The van der Waals surface area contributed by atoms with Crippen molar-refractivity contribution in [1.29, 1.82) is 0 Å². The average molecular weight is 293 g/mol. The predicted octanol–water partition coefficient (Wildman–Crippen LogP) is 3.46. The van der Waals surface area contributed by atoms with Gasteiger partial charge in [0.2, 0.25) is 0 Å². The van der Waals surface area contributed by atoms with Crippen molar-refractivity contribution in [2.24, 2.45) is 0 Å². The zero-order valence-electron chi connectivity index (χ0n) is 9.48. The molecule has 1 N–H and O–H groups in total. The second-order valence-corrected chi connectivity index (χ2v) is 4.42. The number of nitrogens with one attached hydrogen (secondary N) is 1. The van der Waals surface area contributed by atoms with Gasteiger partial charge in [-0.15, -0.1) is 0 Å². The molecule has 0 radical (unpaired) electrons. The van der Waals surface area contributed by atoms with Crippen LogP contribution in [0.1, 0.15) is 5.69 Å². The number of hydrogen-bond acceptors (Lipinski definition) is 3. The van der Waals surface area contributed by atoms with E-state index in [-0.39, 0.29) is 0 Å². The lowest BCUT2D eigenvalue weighted by atomic mass is 10.3. The fourth-order valence-corrected chi connectivity index (χ4v) is 1.65. The van der Waals surface area contributed by atoms with Crippen molar-refractivity contribution in [3.05, 3.63) is 52.6 Å². The van der Waals surface area contributed by atoms with Crippen molar-refractivity contribution < 1.29 is 4.74 Å². The molecular weight excluding hydrogens is 280 g/mol. The van der Waals surface area contributed by atoms with E-state index < -0.39 is 0 Å². The first-order valence-corrected chi connectivity index (χ1v) is 6.09. The normalized spacial score (nSPS) is 10.0. The van der Waals surface area contributed by atoms with E-state index in [1.54, 1.807) is 0 Å². The minimum absolute atomic E-state index is 0.469. The van der Waals surface area contributed by atoms with Crippen LogP contribution >= 0.6 is 15.9 Å². The third-order valence-electron chi connectivity index (χ3n) is 2.26. The molecule has 0 bridgehead atoms. The van der Waals surface area contributed by atoms with Crippen molar-refractivity contribution in [1.82, 2.24) is 4.98 Å². The van der Waals surface area contributed by atoms with E-state index >= 15 is 0 Å². The summed E-state index contributed by atoms with van der Waals surface area (Å²) in [6, 6.07) is 13.6. The highest BCUT2D eigenvalue weighted by molar-refractivity contribution is 9.10. The molecular formula is C13H13BrN2O. The Labute approximate surface area is 109 Å². The van der Waals surface area contributed by atoms with E-state index in [0.717, 1.165) is 21.7 Å². The van der Waals surface area contributed by atoms with Crippen LogP contribution in [0.4, 0.5) is 5.82 Å². The summed E-state index contributed by atoms with van der Waals surface area (Å²) in [5, 5.41) is 3.00. The van der Waals surface area contributed by atoms with Gasteiger partial charge >= 0.3 is 0 Å². The molecule has 2 aromatic rings. The van der Waals surface area contributed by atoms with Crippen molar-refractivity contribution >= 4 is 21.7 Å². The van der Waals surface area contributed by atoms with Crippen molar-refractivity contribution in [2.75, 3.05) is 12.4 Å². The molecule has 2 rings (SSSR count). The summed E-state index contributed by atoms with van der Waals surface area (Å²) in [4.78, 5) is 4.38. The van der Waals surface area contributed by atoms with E-state index in [1.807, 2.05) is 49.5 Å². The molecule has 0 saturated carbocycles. The number of hydrogen-bond donors (Lipinski definition) is 1. The van der Waals surface area contributed by atoms with Crippen LogP contribution in [-0.2, 0) is 6.61 Å². The van der Waals surface area contributed by atoms with Crippen molar-refractivity contribution in [3.8, 4) is 5.75 Å². The number of aromatic nitrogens is 1. The lowest BCUT2D eigenvalue weighted by Gasteiger charge is -2.07. The summed E-state index contributed by atoms with van der Waals surface area (Å²) < 4.78 is 6.68. The van der Waals surface area contributed by atoms with Gasteiger partial charge < -0.3 is 10.1 Å². The summed E-state index contributed by atoms with van der Waals surface area (Å²) in [6.45, 7) is 0.469. The predicted molar refractivity (Wildman–Crippen MR) is 72.3 cm³/mol. The highest BCUT2D eigenvalue weighted by atomic mass is 79.9. The molecule has 0 aliphatic rings. The standard InChI is InChI=1S/C13H13BrN2O/c1-15-13-4-2-3-11(16-13)9-17-12-7-5-10(14)6-8-12/h2-8H,9H2,1H3,(H,15,16). The Hall–Kier alpha value is -1.55. The zero-order valence-corrected chi connectivity index (χ0v) is 11.1. The van der Waals surface area contributed by atoms with E-state index in [0.29, 0.717) is 6.61 Å². The monoisotopic (exact) mass is 292 g/mol. The van der Waals surface area contributed by atoms with E-state index in [1.165, 1.54) is 0 Å². The average Bonchev–Trinajstić information content (AvgIpc) is 2.38. The van der Waals surface area contributed by atoms with E-state index in [2.05, 4.69) is 26.2 Å². The molecule has 1 aromatic carbocycles. The van der Waals surface area contributed by atoms with Gasteiger partial charge in [0.05, 0.1) is 5.69 Å². The quantitative estimate of drug-likeness (QED) is 0.937. The Morgan fingerprint density at radius 1 is 1.18 bits per heavy atom. The van der Waals surface area contributed by atoms with Crippen LogP contribution in [0, 0.1) is 0 Å². The Bertz CT molecular complexity index is 485. The molecule has 0 fully saturated rings. The van der Waals surface area contributed by atoms with Gasteiger partial charge in [0.25, 0.3) is 0 Å². The molecule has 1 heterocycles. The molecule has 0 amide bonds. The van der Waals surface area contributed by atoms with Crippen LogP contribution in [-0.4, -0.2) is 12.0 Å². The van der Waals surface area contributed by atoms with Gasteiger partial charge in [-0.25, -0.2) is 4.98 Å². The lowest BCUT2D eigenvalue weighted by Crippen LogP contribution is -2.00. The van der Waals surface area contributed by atoms with Crippen LogP contribution in [0.2, 0.25) is 0 Å². The first-order valence-electron chi connectivity index (χ1n) is 5.30. The fraction of sp³-hybridized carbons (Fsp3) is 0.154. The molecule has 0 atom stereocenters. The number of pyridine rings is 1. The number of benzene rings is 1. The van der Waals surface area contributed by atoms with Crippen LogP contribution in [0.3, 0.4) is 0 Å². The van der Waals surface area contributed by atoms with E-state index in [4.69, 9.17) is 4.74 Å². The maximum atomic E-state index is 5.64. The maximum absolute atomic E-state index is 5.64. The summed E-state index contributed by atoms with van der Waals surface area (Å²) >= 11 is 3.38. The van der Waals surface area contributed by atoms with Gasteiger partial charge in [0, 0.05) is 11.5 Å². The van der Waals surface area contributed by atoms with Gasteiger partial charge in [0.1, 0.15) is 18.2 Å². The topological polar surface area (TPSA) is 34.1 Å². The van der Waals surface area contributed by atoms with Crippen LogP contribution in [0.25, 0.3) is 0 Å². The number of ether oxygens (including phenoxy) is 1. The molecule has 4 heteroatoms. The van der Waals surface area contributed by atoms with Gasteiger partial charge in [0.15, 0.2) is 0 Å². The number of nitrogens with zero attached hydrogens (tertiary/aromatic N) is 1. The Morgan fingerprint density at radius 2 is 1.94 bits per heavy atom. The Morgan fingerprint density at radius 3 is 2.65 bits per heavy atom. The molecule has 0 aliphatic carbocycles. The number of halogens is 1. The molecule has 3 nitrogen and oxygen atoms in total. The van der Waals surface area contributed by atoms with E-state index in [9.17, 15) is 0 Å². The minimum atomic E-state index is 0.469. The molecule has 0 aliphatic heterocycles. The fourth-order valence-electron chi connectivity index (χ4n) is 1.39. The smallest absolute Gasteiger partial charge is 0.130 e. The largest absolute Gasteiger partial charge is 0.487 e. The second kappa shape index (κ2) is 5.68. The number of rotatable bonds is 4. The maximum Gasteiger partial charge on any atom is 0.130 e. The highest BCUT2D eigenvalue weighted by Crippen LogP contribution is 2.17. The van der Waals surface area contributed by atoms with Gasteiger partial charge in [-0.3, -0.25) is 0 Å². The molecule has 88 valence electrons. The van der Waals surface area contributed by atoms with Crippen LogP contribution in [0.15, 0.2) is 46.9 Å². The van der Waals surface area contributed by atoms with Gasteiger partial charge in [-0.05, 0) is 36.4 Å². The molecule has 0 spiro atoms. The number of anilines is 1. The summed E-state index contributed by atoms with van der Waals surface area (Å²) in [5.74, 6) is 1.69. The first-order chi connectivity index (χ1) is 8.28. The molecule has 1 aromatic heterocycles. The van der Waals surface area contributed by atoms with Crippen LogP contribution < -0.4 is 10.1 Å². The summed E-state index contributed by atoms with van der Waals surface area (Å²) in [5.41, 5.74) is 0.903. The highest BCUT2D eigenvalue weighted by Gasteiger charge is 1.98. The van der Waals surface area contributed by atoms with Crippen molar-refractivity contribution in [3.63, 3.8) is 0 Å². The van der Waals surface area contributed by atoms with Crippen molar-refractivity contribution in [2.45, 2.75) is 6.61 Å². The molecule has 17 heavy (non-hydrogen) atoms. The Kier molecular flexibility index (Phi) is 3.98. The first kappa shape index (κ1) is 11.9.